The lowest BCUT2D eigenvalue weighted by Gasteiger charge is -2.02. The summed E-state index contributed by atoms with van der Waals surface area (Å²) in [4.78, 5) is 12.0. The Kier molecular flexibility index (Phi) is 2.60. The molecule has 82 valence electrons. The lowest BCUT2D eigenvalue weighted by atomic mass is 10.0. The molecule has 0 amide bonds. The lowest BCUT2D eigenvalue weighted by molar-refractivity contribution is 0.103. The third-order valence-corrected chi connectivity index (χ3v) is 2.43. The maximum atomic E-state index is 12.9. The second-order valence-corrected chi connectivity index (χ2v) is 3.73. The maximum absolute atomic E-state index is 12.9. The van der Waals surface area contributed by atoms with Crippen LogP contribution in [0.2, 0.25) is 0 Å². The molecule has 0 radical (unpaired) electrons. The van der Waals surface area contributed by atoms with Crippen molar-refractivity contribution < 1.29 is 13.6 Å². The van der Waals surface area contributed by atoms with Crippen LogP contribution >= 0.6 is 0 Å². The van der Waals surface area contributed by atoms with E-state index in [4.69, 9.17) is 4.42 Å². The van der Waals surface area contributed by atoms with Crippen LogP contribution in [0.25, 0.3) is 0 Å². The number of carbonyl (C=O) groups is 1. The monoisotopic (exact) mass is 218 g/mol. The normalized spacial score (nSPS) is 10.4. The summed E-state index contributed by atoms with van der Waals surface area (Å²) in [6.45, 7) is 3.48. The number of benzene rings is 1. The summed E-state index contributed by atoms with van der Waals surface area (Å²) in [5.41, 5.74) is 1.62. The van der Waals surface area contributed by atoms with Gasteiger partial charge < -0.3 is 4.42 Å². The van der Waals surface area contributed by atoms with Crippen LogP contribution in [0.5, 0.6) is 0 Å². The van der Waals surface area contributed by atoms with Crippen LogP contribution in [0.1, 0.15) is 27.2 Å². The predicted octanol–water partition coefficient (Wildman–Crippen LogP) is 3.27. The molecule has 0 spiro atoms. The lowest BCUT2D eigenvalue weighted by Crippen LogP contribution is -2.02. The first kappa shape index (κ1) is 10.6. The molecule has 0 atom stereocenters. The van der Waals surface area contributed by atoms with E-state index in [1.54, 1.807) is 19.9 Å². The Bertz CT molecular complexity index is 541. The molecule has 1 aromatic heterocycles. The maximum Gasteiger partial charge on any atom is 0.196 e. The Labute approximate surface area is 92.7 Å². The van der Waals surface area contributed by atoms with Gasteiger partial charge in [-0.15, -0.1) is 0 Å². The smallest absolute Gasteiger partial charge is 0.196 e. The standard InChI is InChI=1S/C13H11FO2/c1-8-5-11(14)3-4-12(8)13(15)10-6-9(2)16-7-10/h3-7H,1-2H3. The molecule has 0 bridgehead atoms. The first-order chi connectivity index (χ1) is 7.58. The molecule has 0 saturated heterocycles. The highest BCUT2D eigenvalue weighted by atomic mass is 19.1. The van der Waals surface area contributed by atoms with Crippen molar-refractivity contribution in [2.45, 2.75) is 13.8 Å². The molecule has 0 saturated carbocycles. The zero-order valence-corrected chi connectivity index (χ0v) is 9.08. The SMILES string of the molecule is Cc1cc(C(=O)c2ccc(F)cc2C)co1. The van der Waals surface area contributed by atoms with Gasteiger partial charge in [-0.2, -0.15) is 0 Å². The van der Waals surface area contributed by atoms with Crippen molar-refractivity contribution in [1.29, 1.82) is 0 Å². The molecule has 1 aromatic carbocycles. The predicted molar refractivity (Wildman–Crippen MR) is 58.0 cm³/mol. The van der Waals surface area contributed by atoms with Gasteiger partial charge in [-0.05, 0) is 43.7 Å². The first-order valence-electron chi connectivity index (χ1n) is 4.94. The van der Waals surface area contributed by atoms with Crippen molar-refractivity contribution in [2.24, 2.45) is 0 Å². The Balaban J connectivity index is 2.41. The minimum Gasteiger partial charge on any atom is -0.469 e. The van der Waals surface area contributed by atoms with E-state index in [1.807, 2.05) is 0 Å². The van der Waals surface area contributed by atoms with Crippen LogP contribution < -0.4 is 0 Å². The average molecular weight is 218 g/mol. The van der Waals surface area contributed by atoms with Crippen molar-refractivity contribution in [1.82, 2.24) is 0 Å². The molecule has 1 heterocycles. The van der Waals surface area contributed by atoms with Gasteiger partial charge >= 0.3 is 0 Å². The zero-order valence-electron chi connectivity index (χ0n) is 9.08. The number of halogens is 1. The summed E-state index contributed by atoms with van der Waals surface area (Å²) in [6, 6.07) is 5.80. The molecule has 0 aliphatic heterocycles. The van der Waals surface area contributed by atoms with E-state index in [-0.39, 0.29) is 11.6 Å². The van der Waals surface area contributed by atoms with Gasteiger partial charge in [-0.3, -0.25) is 4.79 Å². The van der Waals surface area contributed by atoms with Crippen LogP contribution in [-0.2, 0) is 0 Å². The van der Waals surface area contributed by atoms with E-state index < -0.39 is 0 Å². The quantitative estimate of drug-likeness (QED) is 0.724. The fourth-order valence-corrected chi connectivity index (χ4v) is 1.60. The van der Waals surface area contributed by atoms with E-state index in [0.717, 1.165) is 0 Å². The van der Waals surface area contributed by atoms with Crippen LogP contribution in [-0.4, -0.2) is 5.78 Å². The summed E-state index contributed by atoms with van der Waals surface area (Å²) in [5.74, 6) is 0.204. The van der Waals surface area contributed by atoms with Crippen LogP contribution in [0, 0.1) is 19.7 Å². The number of furan rings is 1. The van der Waals surface area contributed by atoms with Gasteiger partial charge in [0.05, 0.1) is 5.56 Å². The third-order valence-electron chi connectivity index (χ3n) is 2.43. The molecule has 2 nitrogen and oxygen atoms in total. The van der Waals surface area contributed by atoms with Crippen LogP contribution in [0.15, 0.2) is 34.9 Å². The van der Waals surface area contributed by atoms with Crippen molar-refractivity contribution in [2.75, 3.05) is 0 Å². The summed E-state index contributed by atoms with van der Waals surface area (Å²) in [5, 5.41) is 0. The number of hydrogen-bond donors (Lipinski definition) is 0. The number of ketones is 1. The average Bonchev–Trinajstić information content (AvgIpc) is 2.64. The molecule has 2 aromatic rings. The number of hydrogen-bond acceptors (Lipinski definition) is 2. The van der Waals surface area contributed by atoms with Gasteiger partial charge in [0.1, 0.15) is 17.8 Å². The molecule has 16 heavy (non-hydrogen) atoms. The number of rotatable bonds is 2. The second-order valence-electron chi connectivity index (χ2n) is 3.73. The van der Waals surface area contributed by atoms with Gasteiger partial charge in [0.15, 0.2) is 5.78 Å². The highest BCUT2D eigenvalue weighted by Crippen LogP contribution is 2.17. The molecule has 2 rings (SSSR count). The topological polar surface area (TPSA) is 30.2 Å². The summed E-state index contributed by atoms with van der Waals surface area (Å²) < 4.78 is 18.0. The van der Waals surface area contributed by atoms with E-state index in [2.05, 4.69) is 0 Å². The van der Waals surface area contributed by atoms with E-state index >= 15 is 0 Å². The third kappa shape index (κ3) is 1.89. The molecule has 0 unspecified atom stereocenters. The van der Waals surface area contributed by atoms with Crippen LogP contribution in [0.3, 0.4) is 0 Å². The first-order valence-corrected chi connectivity index (χ1v) is 4.94. The highest BCUT2D eigenvalue weighted by molar-refractivity contribution is 6.09. The molecular formula is C13H11FO2. The molecule has 0 aliphatic carbocycles. The zero-order chi connectivity index (χ0) is 11.7. The largest absolute Gasteiger partial charge is 0.469 e. The fourth-order valence-electron chi connectivity index (χ4n) is 1.60. The van der Waals surface area contributed by atoms with Crippen molar-refractivity contribution >= 4 is 5.78 Å². The summed E-state index contributed by atoms with van der Waals surface area (Å²) in [7, 11) is 0. The molecular weight excluding hydrogens is 207 g/mol. The second kappa shape index (κ2) is 3.93. The highest BCUT2D eigenvalue weighted by Gasteiger charge is 2.14. The number of carbonyl (C=O) groups excluding carboxylic acids is 1. The summed E-state index contributed by atoms with van der Waals surface area (Å²) >= 11 is 0. The van der Waals surface area contributed by atoms with E-state index in [0.29, 0.717) is 22.5 Å². The van der Waals surface area contributed by atoms with E-state index in [9.17, 15) is 9.18 Å². The van der Waals surface area contributed by atoms with Crippen molar-refractivity contribution in [3.8, 4) is 0 Å². The van der Waals surface area contributed by atoms with Gasteiger partial charge in [0.2, 0.25) is 0 Å². The Morgan fingerprint density at radius 3 is 2.56 bits per heavy atom. The van der Waals surface area contributed by atoms with Gasteiger partial charge in [0.25, 0.3) is 0 Å². The van der Waals surface area contributed by atoms with E-state index in [1.165, 1.54) is 24.5 Å². The minimum atomic E-state index is -0.336. The Hall–Kier alpha value is -1.90. The molecule has 0 aliphatic rings. The molecule has 0 fully saturated rings. The van der Waals surface area contributed by atoms with Gasteiger partial charge in [-0.1, -0.05) is 0 Å². The van der Waals surface area contributed by atoms with Crippen molar-refractivity contribution in [3.05, 3.63) is 58.8 Å². The van der Waals surface area contributed by atoms with Gasteiger partial charge in [-0.25, -0.2) is 4.39 Å². The van der Waals surface area contributed by atoms with Gasteiger partial charge in [0, 0.05) is 5.56 Å². The fraction of sp³-hybridized carbons (Fsp3) is 0.154. The van der Waals surface area contributed by atoms with Crippen molar-refractivity contribution in [3.63, 3.8) is 0 Å². The van der Waals surface area contributed by atoms with Crippen LogP contribution in [0.4, 0.5) is 4.39 Å². The molecule has 3 heteroatoms. The Morgan fingerprint density at radius 1 is 1.25 bits per heavy atom. The Morgan fingerprint density at radius 2 is 2.00 bits per heavy atom. The summed E-state index contributed by atoms with van der Waals surface area (Å²) in [6.07, 6.45) is 1.42. The molecule has 0 N–H and O–H groups in total. The number of aryl methyl sites for hydroxylation is 2. The minimum absolute atomic E-state index is 0.144.